The molecule has 2 aromatic rings. The molecule has 1 aromatic heterocycles. The number of amides is 1. The minimum atomic E-state index is -3.89. The van der Waals surface area contributed by atoms with Crippen LogP contribution in [0.25, 0.3) is 12.2 Å². The molecule has 2 atom stereocenters. The van der Waals surface area contributed by atoms with E-state index in [9.17, 15) is 13.2 Å². The van der Waals surface area contributed by atoms with Gasteiger partial charge in [-0.1, -0.05) is 28.9 Å². The number of carbonyl (C=O) groups is 1. The molecule has 1 amide bonds. The average Bonchev–Trinajstić information content (AvgIpc) is 3.46. The lowest BCUT2D eigenvalue weighted by molar-refractivity contribution is -0.126. The summed E-state index contributed by atoms with van der Waals surface area (Å²) in [6.07, 6.45) is 6.83. The molecule has 8 nitrogen and oxygen atoms in total. The van der Waals surface area contributed by atoms with Gasteiger partial charge in [0.25, 0.3) is 0 Å². The van der Waals surface area contributed by atoms with E-state index in [1.165, 1.54) is 9.87 Å². The van der Waals surface area contributed by atoms with E-state index >= 15 is 0 Å². The summed E-state index contributed by atoms with van der Waals surface area (Å²) < 4.78 is 39.7. The first-order valence-electron chi connectivity index (χ1n) is 12.3. The van der Waals surface area contributed by atoms with Gasteiger partial charge in [-0.25, -0.2) is 8.42 Å². The van der Waals surface area contributed by atoms with Crippen LogP contribution in [0.15, 0.2) is 21.6 Å². The molecule has 4 rings (SSSR count). The van der Waals surface area contributed by atoms with E-state index in [4.69, 9.17) is 9.26 Å². The molecular formula is C26H35N3O5S. The van der Waals surface area contributed by atoms with E-state index in [1.54, 1.807) is 13.0 Å². The number of ether oxygens (including phenoxy) is 1. The summed E-state index contributed by atoms with van der Waals surface area (Å²) in [5.74, 6) is -0.309. The first-order chi connectivity index (χ1) is 16.7. The van der Waals surface area contributed by atoms with Crippen molar-refractivity contribution in [1.29, 1.82) is 0 Å². The van der Waals surface area contributed by atoms with Crippen molar-refractivity contribution in [2.45, 2.75) is 64.4 Å². The van der Waals surface area contributed by atoms with Crippen LogP contribution in [0.4, 0.5) is 0 Å². The normalized spacial score (nSPS) is 21.6. The summed E-state index contributed by atoms with van der Waals surface area (Å²) in [4.78, 5) is 12.8. The predicted molar refractivity (Wildman–Crippen MR) is 134 cm³/mol. The molecule has 35 heavy (non-hydrogen) atoms. The zero-order valence-corrected chi connectivity index (χ0v) is 21.8. The van der Waals surface area contributed by atoms with Crippen LogP contribution < -0.4 is 5.32 Å². The molecule has 1 aromatic carbocycles. The van der Waals surface area contributed by atoms with Crippen LogP contribution in [0.1, 0.15) is 59.4 Å². The highest BCUT2D eigenvalue weighted by Crippen LogP contribution is 2.30. The third kappa shape index (κ3) is 5.68. The van der Waals surface area contributed by atoms with Crippen LogP contribution in [0.5, 0.6) is 0 Å². The van der Waals surface area contributed by atoms with Gasteiger partial charge >= 0.3 is 0 Å². The fourth-order valence-corrected chi connectivity index (χ4v) is 6.85. The smallest absolute Gasteiger partial charge is 0.248 e. The zero-order chi connectivity index (χ0) is 25.2. The zero-order valence-electron chi connectivity index (χ0n) is 21.0. The number of hydrogen-bond acceptors (Lipinski definition) is 6. The van der Waals surface area contributed by atoms with Gasteiger partial charge in [-0.3, -0.25) is 4.79 Å². The maximum absolute atomic E-state index is 13.7. The van der Waals surface area contributed by atoms with E-state index in [1.807, 2.05) is 26.8 Å². The van der Waals surface area contributed by atoms with E-state index < -0.39 is 15.9 Å². The molecule has 2 aliphatic heterocycles. The molecule has 0 spiro atoms. The fourth-order valence-electron chi connectivity index (χ4n) is 5.08. The maximum atomic E-state index is 13.7. The van der Waals surface area contributed by atoms with Crippen LogP contribution in [-0.4, -0.2) is 56.1 Å². The third-order valence-corrected chi connectivity index (χ3v) is 8.88. The summed E-state index contributed by atoms with van der Waals surface area (Å²) in [6.45, 7) is 9.44. The van der Waals surface area contributed by atoms with Gasteiger partial charge in [0.05, 0.1) is 12.0 Å². The number of nitrogens with one attached hydrogen (secondary N) is 1. The molecule has 190 valence electrons. The van der Waals surface area contributed by atoms with Crippen LogP contribution >= 0.6 is 0 Å². The molecule has 2 fully saturated rings. The van der Waals surface area contributed by atoms with Crippen LogP contribution in [0.3, 0.4) is 0 Å². The van der Waals surface area contributed by atoms with Gasteiger partial charge in [0.2, 0.25) is 15.9 Å². The highest BCUT2D eigenvalue weighted by Gasteiger charge is 2.37. The van der Waals surface area contributed by atoms with Gasteiger partial charge < -0.3 is 14.6 Å². The van der Waals surface area contributed by atoms with Crippen molar-refractivity contribution in [3.63, 3.8) is 0 Å². The molecule has 9 heteroatoms. The molecule has 1 N–H and O–H groups in total. The Kier molecular flexibility index (Phi) is 7.78. The summed E-state index contributed by atoms with van der Waals surface area (Å²) >= 11 is 0. The minimum Gasteiger partial charge on any atom is -0.376 e. The number of sulfonamides is 1. The number of carbonyl (C=O) groups excluding carboxylic acids is 1. The quantitative estimate of drug-likeness (QED) is 0.620. The number of aromatic nitrogens is 1. The van der Waals surface area contributed by atoms with Crippen LogP contribution in [0.2, 0.25) is 0 Å². The van der Waals surface area contributed by atoms with Crippen molar-refractivity contribution < 1.29 is 22.5 Å². The van der Waals surface area contributed by atoms with Gasteiger partial charge in [0, 0.05) is 26.2 Å². The van der Waals surface area contributed by atoms with Crippen molar-refractivity contribution >= 4 is 28.1 Å². The lowest BCUT2D eigenvalue weighted by Crippen LogP contribution is -2.46. The molecule has 0 bridgehead atoms. The second kappa shape index (κ2) is 10.6. The largest absolute Gasteiger partial charge is 0.376 e. The molecule has 3 heterocycles. The number of rotatable bonds is 7. The topological polar surface area (TPSA) is 102 Å². The molecule has 2 aliphatic rings. The number of hydrogen-bond donors (Lipinski definition) is 1. The second-order valence-electron chi connectivity index (χ2n) is 9.69. The van der Waals surface area contributed by atoms with Gasteiger partial charge in [-0.15, -0.1) is 0 Å². The fraction of sp³-hybridized carbons (Fsp3) is 0.538. The third-order valence-electron chi connectivity index (χ3n) is 6.85. The lowest BCUT2D eigenvalue weighted by atomic mass is 9.99. The Hall–Kier alpha value is -2.49. The van der Waals surface area contributed by atoms with E-state index in [0.29, 0.717) is 31.6 Å². The van der Waals surface area contributed by atoms with Crippen LogP contribution in [-0.2, 0) is 19.6 Å². The molecule has 0 aliphatic carbocycles. The second-order valence-corrected chi connectivity index (χ2v) is 11.6. The Morgan fingerprint density at radius 2 is 1.89 bits per heavy atom. The average molecular weight is 502 g/mol. The Morgan fingerprint density at radius 3 is 2.57 bits per heavy atom. The Labute approximate surface area is 207 Å². The minimum absolute atomic E-state index is 0.0529. The van der Waals surface area contributed by atoms with Crippen molar-refractivity contribution in [2.24, 2.45) is 5.92 Å². The highest BCUT2D eigenvalue weighted by molar-refractivity contribution is 7.89. The summed E-state index contributed by atoms with van der Waals surface area (Å²) in [5.41, 5.74) is 4.72. The maximum Gasteiger partial charge on any atom is 0.248 e. The van der Waals surface area contributed by atoms with Crippen LogP contribution in [0, 0.1) is 33.6 Å². The van der Waals surface area contributed by atoms with Gasteiger partial charge in [-0.2, -0.15) is 4.31 Å². The van der Waals surface area contributed by atoms with Crippen molar-refractivity contribution in [3.05, 3.63) is 45.8 Å². The first kappa shape index (κ1) is 25.6. The van der Waals surface area contributed by atoms with E-state index in [2.05, 4.69) is 22.6 Å². The van der Waals surface area contributed by atoms with Crippen molar-refractivity contribution in [3.8, 4) is 0 Å². The molecular weight excluding hydrogens is 466 g/mol. The number of benzene rings is 1. The number of aryl methyl sites for hydroxylation is 4. The SMILES string of the molecule is Cc1cc(C)c(C=Cc2onc(C)c2S(=O)(=O)N2CCCC(C(=O)NCC3CCCO3)C2)c(C)c1. The molecule has 0 saturated carbocycles. The highest BCUT2D eigenvalue weighted by atomic mass is 32.2. The monoisotopic (exact) mass is 501 g/mol. The van der Waals surface area contributed by atoms with E-state index in [0.717, 1.165) is 36.1 Å². The Bertz CT molecular complexity index is 1190. The molecule has 2 unspecified atom stereocenters. The summed E-state index contributed by atoms with van der Waals surface area (Å²) in [5, 5.41) is 6.90. The van der Waals surface area contributed by atoms with Crippen molar-refractivity contribution in [2.75, 3.05) is 26.2 Å². The summed E-state index contributed by atoms with van der Waals surface area (Å²) in [7, 11) is -3.89. The standard InChI is InChI=1S/C26H35N3O5S/c1-17-13-18(2)23(19(3)14-17)9-10-24-25(20(4)28-34-24)35(31,32)29-11-5-7-21(16-29)26(30)27-15-22-8-6-12-33-22/h9-10,13-14,21-22H,5-8,11-12,15-16H2,1-4H3,(H,27,30). The van der Waals surface area contributed by atoms with Crippen molar-refractivity contribution in [1.82, 2.24) is 14.8 Å². The lowest BCUT2D eigenvalue weighted by Gasteiger charge is -2.31. The van der Waals surface area contributed by atoms with Gasteiger partial charge in [-0.05, 0) is 76.1 Å². The predicted octanol–water partition coefficient (Wildman–Crippen LogP) is 3.77. The van der Waals surface area contributed by atoms with Gasteiger partial charge in [0.1, 0.15) is 5.69 Å². The number of nitrogens with zero attached hydrogens (tertiary/aromatic N) is 2. The summed E-state index contributed by atoms with van der Waals surface area (Å²) in [6, 6.07) is 4.18. The van der Waals surface area contributed by atoms with E-state index in [-0.39, 0.29) is 29.2 Å². The van der Waals surface area contributed by atoms with Gasteiger partial charge in [0.15, 0.2) is 10.7 Å². The Balaban J connectivity index is 1.51. The molecule has 2 saturated heterocycles. The Morgan fingerprint density at radius 1 is 1.14 bits per heavy atom. The number of piperidine rings is 1. The first-order valence-corrected chi connectivity index (χ1v) is 13.7. The molecule has 0 radical (unpaired) electrons.